The molecular weight excluding hydrogens is 538 g/mol. The van der Waals surface area contributed by atoms with E-state index in [4.69, 9.17) is 9.47 Å². The number of ketones is 2. The Morgan fingerprint density at radius 3 is 1.75 bits per heavy atom. The van der Waals surface area contributed by atoms with E-state index in [9.17, 15) is 9.59 Å². The Balaban J connectivity index is 2.02. The number of ether oxygens (including phenoxy) is 2. The zero-order valence-electron chi connectivity index (χ0n) is 19.4. The van der Waals surface area contributed by atoms with E-state index in [2.05, 4.69) is 64.9 Å². The number of benzene rings is 1. The average Bonchev–Trinajstić information content (AvgIpc) is 2.64. The van der Waals surface area contributed by atoms with E-state index in [0.717, 1.165) is 34.3 Å². The van der Waals surface area contributed by atoms with Gasteiger partial charge in [-0.25, -0.2) is 0 Å². The van der Waals surface area contributed by atoms with Crippen LogP contribution in [0.25, 0.3) is 0 Å². The third-order valence-electron chi connectivity index (χ3n) is 6.60. The van der Waals surface area contributed by atoms with Crippen molar-refractivity contribution in [3.8, 4) is 11.5 Å². The van der Waals surface area contributed by atoms with Gasteiger partial charge in [0.05, 0.1) is 18.7 Å². The van der Waals surface area contributed by atoms with Crippen molar-refractivity contribution < 1.29 is 19.1 Å². The van der Waals surface area contributed by atoms with Crippen molar-refractivity contribution in [1.29, 1.82) is 0 Å². The minimum atomic E-state index is -0.470. The lowest BCUT2D eigenvalue weighted by molar-refractivity contribution is -0.119. The van der Waals surface area contributed by atoms with Crippen molar-refractivity contribution in [1.82, 2.24) is 5.32 Å². The lowest BCUT2D eigenvalue weighted by Gasteiger charge is -2.44. The predicted molar refractivity (Wildman–Crippen MR) is 131 cm³/mol. The van der Waals surface area contributed by atoms with Gasteiger partial charge in [0.25, 0.3) is 0 Å². The van der Waals surface area contributed by atoms with Crippen LogP contribution in [-0.2, 0) is 9.59 Å². The Morgan fingerprint density at radius 2 is 1.31 bits per heavy atom. The molecular formula is C25H29Br2NO4. The first-order valence-electron chi connectivity index (χ1n) is 10.8. The monoisotopic (exact) mass is 565 g/mol. The highest BCUT2D eigenvalue weighted by atomic mass is 79.9. The van der Waals surface area contributed by atoms with Gasteiger partial charge in [0.2, 0.25) is 0 Å². The fourth-order valence-corrected chi connectivity index (χ4v) is 7.05. The number of carbonyl (C=O) groups is 2. The molecule has 0 unspecified atom stereocenters. The molecule has 0 saturated heterocycles. The fraction of sp³-hybridized carbons (Fsp3) is 0.520. The molecule has 0 amide bonds. The lowest BCUT2D eigenvalue weighted by atomic mass is 9.64. The van der Waals surface area contributed by atoms with Gasteiger partial charge in [-0.05, 0) is 61.6 Å². The number of carbonyl (C=O) groups excluding carboxylic acids is 2. The van der Waals surface area contributed by atoms with Gasteiger partial charge < -0.3 is 14.8 Å². The SMILES string of the molecule is COc1c(Br)cc(C2C3=C(CC(C)(C)CC3=O)NC3=C2C(=O)CC(C)(C)C3)c(OC)c1Br. The summed E-state index contributed by atoms with van der Waals surface area (Å²) in [6, 6.07) is 1.92. The molecule has 1 aliphatic heterocycles. The maximum absolute atomic E-state index is 13.5. The summed E-state index contributed by atoms with van der Waals surface area (Å²) >= 11 is 7.22. The van der Waals surface area contributed by atoms with E-state index in [1.54, 1.807) is 14.2 Å². The van der Waals surface area contributed by atoms with Crippen LogP contribution >= 0.6 is 31.9 Å². The molecule has 1 aromatic carbocycles. The van der Waals surface area contributed by atoms with Crippen molar-refractivity contribution in [3.05, 3.63) is 43.1 Å². The summed E-state index contributed by atoms with van der Waals surface area (Å²) in [7, 11) is 3.19. The van der Waals surface area contributed by atoms with Crippen LogP contribution in [0.4, 0.5) is 0 Å². The zero-order valence-corrected chi connectivity index (χ0v) is 22.5. The highest BCUT2D eigenvalue weighted by molar-refractivity contribution is 9.11. The van der Waals surface area contributed by atoms with Gasteiger partial charge in [0.15, 0.2) is 17.3 Å². The molecule has 2 aliphatic carbocycles. The second-order valence-electron chi connectivity index (χ2n) is 10.6. The summed E-state index contributed by atoms with van der Waals surface area (Å²) in [5.74, 6) is 0.883. The molecule has 32 heavy (non-hydrogen) atoms. The Morgan fingerprint density at radius 1 is 0.844 bits per heavy atom. The largest absolute Gasteiger partial charge is 0.495 e. The molecule has 172 valence electrons. The molecule has 0 atom stereocenters. The number of hydrogen-bond acceptors (Lipinski definition) is 5. The van der Waals surface area contributed by atoms with E-state index in [1.165, 1.54) is 0 Å². The maximum Gasteiger partial charge on any atom is 0.162 e. The van der Waals surface area contributed by atoms with Gasteiger partial charge in [-0.3, -0.25) is 9.59 Å². The van der Waals surface area contributed by atoms with Gasteiger partial charge in [-0.2, -0.15) is 0 Å². The number of dihydropyridines is 1. The van der Waals surface area contributed by atoms with Crippen LogP contribution in [-0.4, -0.2) is 25.8 Å². The van der Waals surface area contributed by atoms with Crippen molar-refractivity contribution in [2.75, 3.05) is 14.2 Å². The van der Waals surface area contributed by atoms with Crippen LogP contribution < -0.4 is 14.8 Å². The number of rotatable bonds is 3. The topological polar surface area (TPSA) is 64.6 Å². The van der Waals surface area contributed by atoms with E-state index in [0.29, 0.717) is 40.0 Å². The number of allylic oxidation sites excluding steroid dienone is 4. The second kappa shape index (κ2) is 8.01. The molecule has 0 saturated carbocycles. The first-order chi connectivity index (χ1) is 14.9. The summed E-state index contributed by atoms with van der Waals surface area (Å²) < 4.78 is 12.7. The van der Waals surface area contributed by atoms with E-state index in [1.807, 2.05) is 6.07 Å². The zero-order chi connectivity index (χ0) is 23.6. The first-order valence-corrected chi connectivity index (χ1v) is 12.4. The minimum Gasteiger partial charge on any atom is -0.495 e. The summed E-state index contributed by atoms with van der Waals surface area (Å²) in [5.41, 5.74) is 3.78. The van der Waals surface area contributed by atoms with Crippen LogP contribution in [0.3, 0.4) is 0 Å². The first kappa shape index (κ1) is 23.6. The highest BCUT2D eigenvalue weighted by Crippen LogP contribution is 2.55. The Hall–Kier alpha value is -1.60. The van der Waals surface area contributed by atoms with Crippen LogP contribution in [0.2, 0.25) is 0 Å². The summed E-state index contributed by atoms with van der Waals surface area (Å²) in [6.07, 6.45) is 2.42. The van der Waals surface area contributed by atoms with Gasteiger partial charge >= 0.3 is 0 Å². The maximum atomic E-state index is 13.5. The normalized spacial score (nSPS) is 22.4. The standard InChI is InChI=1S/C25H29Br2NO4/c1-24(2)8-14-19(16(29)10-24)18(20-15(28-14)9-25(3,4)11-17(20)30)12-7-13(26)23(32-6)21(27)22(12)31-5/h7,18,28H,8-11H2,1-6H3. The van der Waals surface area contributed by atoms with Gasteiger partial charge in [-0.15, -0.1) is 0 Å². The van der Waals surface area contributed by atoms with Crippen molar-refractivity contribution in [3.63, 3.8) is 0 Å². The average molecular weight is 567 g/mol. The van der Waals surface area contributed by atoms with Crippen LogP contribution in [0, 0.1) is 10.8 Å². The molecule has 1 heterocycles. The highest BCUT2D eigenvalue weighted by Gasteiger charge is 2.47. The van der Waals surface area contributed by atoms with E-state index in [-0.39, 0.29) is 22.4 Å². The molecule has 4 rings (SSSR count). The third kappa shape index (κ3) is 3.85. The van der Waals surface area contributed by atoms with Crippen LogP contribution in [0.1, 0.15) is 64.9 Å². The molecule has 0 bridgehead atoms. The van der Waals surface area contributed by atoms with E-state index >= 15 is 0 Å². The van der Waals surface area contributed by atoms with Gasteiger partial charge in [0, 0.05) is 46.9 Å². The number of Topliss-reactive ketones (excluding diaryl/α,β-unsaturated/α-hetero) is 2. The molecule has 7 heteroatoms. The predicted octanol–water partition coefficient (Wildman–Crippen LogP) is 6.20. The number of halogens is 2. The second-order valence-corrected chi connectivity index (χ2v) is 12.2. The Kier molecular flexibility index (Phi) is 5.90. The molecule has 0 radical (unpaired) electrons. The van der Waals surface area contributed by atoms with Crippen molar-refractivity contribution in [2.45, 2.75) is 59.3 Å². The minimum absolute atomic E-state index is 0.0862. The summed E-state index contributed by atoms with van der Waals surface area (Å²) in [5, 5.41) is 3.55. The van der Waals surface area contributed by atoms with E-state index < -0.39 is 5.92 Å². The Labute approximate surface area is 206 Å². The summed E-state index contributed by atoms with van der Waals surface area (Å²) in [4.78, 5) is 27.0. The van der Waals surface area contributed by atoms with Crippen molar-refractivity contribution >= 4 is 43.4 Å². The molecule has 1 aromatic rings. The fourth-order valence-electron chi connectivity index (χ4n) is 5.41. The molecule has 5 nitrogen and oxygen atoms in total. The number of nitrogens with one attached hydrogen (secondary N) is 1. The lowest BCUT2D eigenvalue weighted by Crippen LogP contribution is -2.42. The smallest absolute Gasteiger partial charge is 0.162 e. The van der Waals surface area contributed by atoms with Gasteiger partial charge in [-0.1, -0.05) is 27.7 Å². The molecule has 3 aliphatic rings. The van der Waals surface area contributed by atoms with Crippen molar-refractivity contribution in [2.24, 2.45) is 10.8 Å². The molecule has 0 aromatic heterocycles. The van der Waals surface area contributed by atoms with Gasteiger partial charge in [0.1, 0.15) is 10.2 Å². The number of methoxy groups -OCH3 is 2. The van der Waals surface area contributed by atoms with Crippen LogP contribution in [0.5, 0.6) is 11.5 Å². The molecule has 1 N–H and O–H groups in total. The quantitative estimate of drug-likeness (QED) is 0.472. The third-order valence-corrected chi connectivity index (χ3v) is 7.91. The Bertz CT molecular complexity index is 1050. The number of hydrogen-bond donors (Lipinski definition) is 1. The summed E-state index contributed by atoms with van der Waals surface area (Å²) in [6.45, 7) is 8.47. The molecule has 0 spiro atoms. The van der Waals surface area contributed by atoms with Crippen LogP contribution in [0.15, 0.2) is 37.6 Å². The molecule has 0 fully saturated rings.